The molecule has 9 heteroatoms. The van der Waals surface area contributed by atoms with E-state index in [0.29, 0.717) is 13.1 Å². The first-order chi connectivity index (χ1) is 12.8. The summed E-state index contributed by atoms with van der Waals surface area (Å²) in [6.45, 7) is 6.02. The van der Waals surface area contributed by atoms with E-state index in [1.807, 2.05) is 13.8 Å². The summed E-state index contributed by atoms with van der Waals surface area (Å²) >= 11 is 0. The number of anilines is 1. The van der Waals surface area contributed by atoms with E-state index < -0.39 is 23.8 Å². The lowest BCUT2D eigenvalue weighted by Gasteiger charge is -2.27. The standard InChI is InChI=1S/C18H30F2N4O3/c1-3-6-23(9-10-25)12-13(2)14-11-18(19,20)15(27-14)4-7-24-8-5-16(21)22-17(24)26/h5,8,13-15,25H,3-4,6-7,9-12H2,1-2H3,(H2,21,22,26). The summed E-state index contributed by atoms with van der Waals surface area (Å²) < 4.78 is 35.8. The van der Waals surface area contributed by atoms with E-state index >= 15 is 0 Å². The monoisotopic (exact) mass is 388 g/mol. The van der Waals surface area contributed by atoms with Crippen LogP contribution in [-0.2, 0) is 11.3 Å². The average Bonchev–Trinajstić information content (AvgIpc) is 2.89. The van der Waals surface area contributed by atoms with Gasteiger partial charge in [-0.15, -0.1) is 0 Å². The van der Waals surface area contributed by atoms with Crippen LogP contribution in [0.15, 0.2) is 17.1 Å². The van der Waals surface area contributed by atoms with Crippen LogP contribution in [0.1, 0.15) is 33.1 Å². The number of aryl methyl sites for hydroxylation is 1. The van der Waals surface area contributed by atoms with Gasteiger partial charge in [0.2, 0.25) is 0 Å². The van der Waals surface area contributed by atoms with Crippen molar-refractivity contribution < 1.29 is 18.6 Å². The third-order valence-electron chi connectivity index (χ3n) is 4.95. The van der Waals surface area contributed by atoms with E-state index in [2.05, 4.69) is 9.88 Å². The molecule has 2 heterocycles. The average molecular weight is 388 g/mol. The van der Waals surface area contributed by atoms with E-state index in [-0.39, 0.29) is 37.7 Å². The van der Waals surface area contributed by atoms with Crippen molar-refractivity contribution in [3.8, 4) is 0 Å². The van der Waals surface area contributed by atoms with Crippen molar-refractivity contribution in [1.29, 1.82) is 0 Å². The maximum Gasteiger partial charge on any atom is 0.349 e. The molecule has 27 heavy (non-hydrogen) atoms. The lowest BCUT2D eigenvalue weighted by atomic mass is 9.98. The topological polar surface area (TPSA) is 93.6 Å². The third kappa shape index (κ3) is 5.95. The van der Waals surface area contributed by atoms with E-state index in [4.69, 9.17) is 15.6 Å². The molecular weight excluding hydrogens is 358 g/mol. The normalized spacial score (nSPS) is 23.0. The summed E-state index contributed by atoms with van der Waals surface area (Å²) in [4.78, 5) is 17.4. The number of aliphatic hydroxyl groups excluding tert-OH is 1. The van der Waals surface area contributed by atoms with Crippen molar-refractivity contribution >= 4 is 5.82 Å². The molecule has 1 fully saturated rings. The number of ether oxygens (including phenoxy) is 1. The number of nitrogen functional groups attached to an aromatic ring is 1. The van der Waals surface area contributed by atoms with Crippen molar-refractivity contribution in [3.05, 3.63) is 22.7 Å². The first kappa shape index (κ1) is 21.7. The Morgan fingerprint density at radius 1 is 1.52 bits per heavy atom. The molecule has 3 unspecified atom stereocenters. The predicted octanol–water partition coefficient (Wildman–Crippen LogP) is 1.35. The summed E-state index contributed by atoms with van der Waals surface area (Å²) in [5.74, 6) is -2.91. The van der Waals surface area contributed by atoms with Crippen LogP contribution in [0.3, 0.4) is 0 Å². The number of hydrogen-bond donors (Lipinski definition) is 2. The van der Waals surface area contributed by atoms with Gasteiger partial charge in [0.15, 0.2) is 0 Å². The van der Waals surface area contributed by atoms with Gasteiger partial charge in [0, 0.05) is 32.3 Å². The van der Waals surface area contributed by atoms with Crippen molar-refractivity contribution in [2.75, 3.05) is 32.0 Å². The maximum atomic E-state index is 14.4. The Morgan fingerprint density at radius 2 is 2.26 bits per heavy atom. The number of rotatable bonds is 10. The number of aliphatic hydroxyl groups is 1. The largest absolute Gasteiger partial charge is 0.395 e. The van der Waals surface area contributed by atoms with Gasteiger partial charge in [0.05, 0.1) is 12.7 Å². The van der Waals surface area contributed by atoms with Crippen LogP contribution in [0.5, 0.6) is 0 Å². The molecule has 3 N–H and O–H groups in total. The SMILES string of the molecule is CCCN(CCO)CC(C)C1CC(F)(F)C(CCn2ccc(N)nc2=O)O1. The second-order valence-electron chi connectivity index (χ2n) is 7.25. The molecule has 0 spiro atoms. The molecule has 1 aliphatic rings. The zero-order valence-electron chi connectivity index (χ0n) is 16.0. The molecule has 0 bridgehead atoms. The summed E-state index contributed by atoms with van der Waals surface area (Å²) in [5, 5.41) is 9.15. The van der Waals surface area contributed by atoms with Crippen molar-refractivity contribution in [2.24, 2.45) is 5.92 Å². The Morgan fingerprint density at radius 3 is 2.89 bits per heavy atom. The Labute approximate surface area is 158 Å². The number of alkyl halides is 2. The number of hydrogen-bond acceptors (Lipinski definition) is 6. The van der Waals surface area contributed by atoms with Gasteiger partial charge in [-0.05, 0) is 31.4 Å². The highest BCUT2D eigenvalue weighted by atomic mass is 19.3. The Balaban J connectivity index is 1.94. The number of aromatic nitrogens is 2. The lowest BCUT2D eigenvalue weighted by molar-refractivity contribution is -0.0838. The van der Waals surface area contributed by atoms with Crippen molar-refractivity contribution in [1.82, 2.24) is 14.5 Å². The first-order valence-corrected chi connectivity index (χ1v) is 9.46. The Hall–Kier alpha value is -1.58. The Bertz CT molecular complexity index is 650. The highest BCUT2D eigenvalue weighted by Crippen LogP contribution is 2.40. The minimum Gasteiger partial charge on any atom is -0.395 e. The molecule has 1 aromatic heterocycles. The molecule has 0 amide bonds. The summed E-state index contributed by atoms with van der Waals surface area (Å²) in [5.41, 5.74) is 4.88. The van der Waals surface area contributed by atoms with Gasteiger partial charge in [-0.25, -0.2) is 13.6 Å². The molecule has 0 saturated carbocycles. The summed E-state index contributed by atoms with van der Waals surface area (Å²) in [7, 11) is 0. The quantitative estimate of drug-likeness (QED) is 0.628. The number of nitrogens with zero attached hydrogens (tertiary/aromatic N) is 3. The fraction of sp³-hybridized carbons (Fsp3) is 0.778. The maximum absolute atomic E-state index is 14.4. The molecule has 3 atom stereocenters. The van der Waals surface area contributed by atoms with Gasteiger partial charge in [0.1, 0.15) is 11.9 Å². The van der Waals surface area contributed by atoms with Crippen LogP contribution >= 0.6 is 0 Å². The highest BCUT2D eigenvalue weighted by molar-refractivity contribution is 5.23. The van der Waals surface area contributed by atoms with Crippen molar-refractivity contribution in [2.45, 2.75) is 57.8 Å². The van der Waals surface area contributed by atoms with Gasteiger partial charge >= 0.3 is 5.69 Å². The minimum atomic E-state index is -2.93. The highest BCUT2D eigenvalue weighted by Gasteiger charge is 2.51. The molecule has 1 saturated heterocycles. The Kier molecular flexibility index (Phi) is 7.69. The fourth-order valence-corrected chi connectivity index (χ4v) is 3.52. The van der Waals surface area contributed by atoms with Crippen LogP contribution in [0, 0.1) is 5.92 Å². The second kappa shape index (κ2) is 9.57. The number of nitrogens with two attached hydrogens (primary N) is 1. The van der Waals surface area contributed by atoms with Crippen molar-refractivity contribution in [3.63, 3.8) is 0 Å². The summed E-state index contributed by atoms with van der Waals surface area (Å²) in [6.07, 6.45) is 0.303. The van der Waals surface area contributed by atoms with Crippen LogP contribution in [0.2, 0.25) is 0 Å². The molecule has 0 aliphatic carbocycles. The van der Waals surface area contributed by atoms with Crippen LogP contribution < -0.4 is 11.4 Å². The van der Waals surface area contributed by atoms with Crippen LogP contribution in [0.4, 0.5) is 14.6 Å². The number of halogens is 2. The third-order valence-corrected chi connectivity index (χ3v) is 4.95. The molecule has 154 valence electrons. The van der Waals surface area contributed by atoms with E-state index in [1.165, 1.54) is 16.8 Å². The predicted molar refractivity (Wildman–Crippen MR) is 98.7 cm³/mol. The van der Waals surface area contributed by atoms with Gasteiger partial charge in [-0.1, -0.05) is 13.8 Å². The van der Waals surface area contributed by atoms with Gasteiger partial charge in [-0.2, -0.15) is 4.98 Å². The van der Waals surface area contributed by atoms with E-state index in [1.54, 1.807) is 0 Å². The molecule has 1 aromatic rings. The zero-order valence-corrected chi connectivity index (χ0v) is 16.0. The first-order valence-electron chi connectivity index (χ1n) is 9.46. The second-order valence-corrected chi connectivity index (χ2v) is 7.25. The zero-order chi connectivity index (χ0) is 20.0. The molecule has 0 radical (unpaired) electrons. The van der Waals surface area contributed by atoms with Crippen LogP contribution in [-0.4, -0.2) is 63.9 Å². The van der Waals surface area contributed by atoms with Gasteiger partial charge < -0.3 is 20.5 Å². The van der Waals surface area contributed by atoms with E-state index in [9.17, 15) is 13.6 Å². The lowest BCUT2D eigenvalue weighted by Crippen LogP contribution is -2.36. The fourth-order valence-electron chi connectivity index (χ4n) is 3.52. The van der Waals surface area contributed by atoms with E-state index in [0.717, 1.165) is 13.0 Å². The summed E-state index contributed by atoms with van der Waals surface area (Å²) in [6, 6.07) is 1.46. The molecule has 1 aliphatic heterocycles. The molecular formula is C18H30F2N4O3. The molecule has 0 aromatic carbocycles. The molecule has 2 rings (SSSR count). The van der Waals surface area contributed by atoms with Gasteiger partial charge in [0.25, 0.3) is 5.92 Å². The molecule has 7 nitrogen and oxygen atoms in total. The minimum absolute atomic E-state index is 0.0248. The van der Waals surface area contributed by atoms with Gasteiger partial charge in [-0.3, -0.25) is 4.57 Å². The van der Waals surface area contributed by atoms with Crippen LogP contribution in [0.25, 0.3) is 0 Å². The smallest absolute Gasteiger partial charge is 0.349 e.